The smallest absolute Gasteiger partial charge is 0.338 e. The Morgan fingerprint density at radius 2 is 1.94 bits per heavy atom. The van der Waals surface area contributed by atoms with Gasteiger partial charge in [-0.05, 0) is 23.6 Å². The molecule has 0 aliphatic heterocycles. The van der Waals surface area contributed by atoms with Gasteiger partial charge in [0.25, 0.3) is 0 Å². The van der Waals surface area contributed by atoms with Crippen LogP contribution in [0.25, 0.3) is 5.57 Å². The molecule has 0 aliphatic rings. The zero-order chi connectivity index (χ0) is 13.0. The second-order valence-corrected chi connectivity index (χ2v) is 4.76. The molecule has 4 heteroatoms. The van der Waals surface area contributed by atoms with Crippen LogP contribution in [0.3, 0.4) is 0 Å². The maximum absolute atomic E-state index is 11.7. The number of carbonyl (C=O) groups excluding carboxylic acids is 1. The number of carbonyl (C=O) groups is 1. The van der Waals surface area contributed by atoms with Crippen LogP contribution >= 0.6 is 23.2 Å². The Morgan fingerprint density at radius 3 is 2.41 bits per heavy atom. The third-order valence-corrected chi connectivity index (χ3v) is 2.87. The maximum Gasteiger partial charge on any atom is 0.338 e. The Balaban J connectivity index is 3.22. The van der Waals surface area contributed by atoms with Gasteiger partial charge in [0.1, 0.15) is 0 Å². The van der Waals surface area contributed by atoms with E-state index in [0.717, 1.165) is 0 Å². The standard InChI is InChI=1S/C13H14Cl2O2/c1-8(2)6-10(13(16)17-3)9-4-5-11(14)12(15)7-9/h4-8H,1-3H3. The van der Waals surface area contributed by atoms with Crippen molar-refractivity contribution in [1.82, 2.24) is 0 Å². The fraction of sp³-hybridized carbons (Fsp3) is 0.308. The normalized spacial score (nSPS) is 11.8. The van der Waals surface area contributed by atoms with E-state index in [9.17, 15) is 4.79 Å². The number of rotatable bonds is 3. The molecule has 92 valence electrons. The molecule has 0 N–H and O–H groups in total. The molecular weight excluding hydrogens is 259 g/mol. The topological polar surface area (TPSA) is 26.3 Å². The Morgan fingerprint density at radius 1 is 1.29 bits per heavy atom. The lowest BCUT2D eigenvalue weighted by Gasteiger charge is -2.08. The second-order valence-electron chi connectivity index (χ2n) is 3.94. The van der Waals surface area contributed by atoms with Crippen LogP contribution in [0, 0.1) is 5.92 Å². The fourth-order valence-corrected chi connectivity index (χ4v) is 1.69. The quantitative estimate of drug-likeness (QED) is 0.609. The van der Waals surface area contributed by atoms with E-state index >= 15 is 0 Å². The van der Waals surface area contributed by atoms with Gasteiger partial charge in [0.2, 0.25) is 0 Å². The molecule has 0 aliphatic carbocycles. The Hall–Kier alpha value is -0.990. The Kier molecular flexibility index (Phi) is 5.03. The summed E-state index contributed by atoms with van der Waals surface area (Å²) in [5.41, 5.74) is 1.21. The van der Waals surface area contributed by atoms with Gasteiger partial charge in [-0.2, -0.15) is 0 Å². The minimum atomic E-state index is -0.378. The van der Waals surface area contributed by atoms with E-state index in [1.165, 1.54) is 7.11 Å². The summed E-state index contributed by atoms with van der Waals surface area (Å²) in [6, 6.07) is 5.07. The molecule has 0 aromatic heterocycles. The molecule has 0 unspecified atom stereocenters. The van der Waals surface area contributed by atoms with Crippen molar-refractivity contribution in [2.45, 2.75) is 13.8 Å². The van der Waals surface area contributed by atoms with Gasteiger partial charge in [-0.15, -0.1) is 0 Å². The highest BCUT2D eigenvalue weighted by atomic mass is 35.5. The van der Waals surface area contributed by atoms with E-state index in [1.807, 2.05) is 19.9 Å². The molecule has 0 spiro atoms. The fourth-order valence-electron chi connectivity index (χ4n) is 1.39. The number of allylic oxidation sites excluding steroid dienone is 1. The van der Waals surface area contributed by atoms with Crippen molar-refractivity contribution in [1.29, 1.82) is 0 Å². The highest BCUT2D eigenvalue weighted by molar-refractivity contribution is 6.42. The lowest BCUT2D eigenvalue weighted by Crippen LogP contribution is -2.05. The molecule has 0 amide bonds. The number of hydrogen-bond donors (Lipinski definition) is 0. The van der Waals surface area contributed by atoms with Gasteiger partial charge < -0.3 is 4.74 Å². The molecule has 17 heavy (non-hydrogen) atoms. The van der Waals surface area contributed by atoms with Crippen LogP contribution in [0.1, 0.15) is 19.4 Å². The minimum absolute atomic E-state index is 0.235. The number of benzene rings is 1. The van der Waals surface area contributed by atoms with Gasteiger partial charge in [0.05, 0.1) is 22.7 Å². The summed E-state index contributed by atoms with van der Waals surface area (Å²) in [4.78, 5) is 11.7. The molecule has 0 atom stereocenters. The van der Waals surface area contributed by atoms with E-state index in [2.05, 4.69) is 0 Å². The van der Waals surface area contributed by atoms with Gasteiger partial charge in [0.15, 0.2) is 0 Å². The number of methoxy groups -OCH3 is 1. The number of halogens is 2. The van der Waals surface area contributed by atoms with Crippen LogP contribution in [-0.4, -0.2) is 13.1 Å². The molecule has 1 aromatic carbocycles. The first-order valence-electron chi connectivity index (χ1n) is 5.21. The summed E-state index contributed by atoms with van der Waals surface area (Å²) in [5.74, 6) is -0.143. The molecule has 0 radical (unpaired) electrons. The number of hydrogen-bond acceptors (Lipinski definition) is 2. The lowest BCUT2D eigenvalue weighted by molar-refractivity contribution is -0.133. The van der Waals surface area contributed by atoms with Gasteiger partial charge in [-0.1, -0.05) is 49.2 Å². The largest absolute Gasteiger partial charge is 0.465 e. The van der Waals surface area contributed by atoms with Gasteiger partial charge >= 0.3 is 5.97 Å². The van der Waals surface area contributed by atoms with Crippen LogP contribution in [0.2, 0.25) is 10.0 Å². The Bertz CT molecular complexity index is 451. The van der Waals surface area contributed by atoms with Crippen LogP contribution in [0.15, 0.2) is 24.3 Å². The SMILES string of the molecule is COC(=O)C(=CC(C)C)c1ccc(Cl)c(Cl)c1. The van der Waals surface area contributed by atoms with Crippen LogP contribution in [-0.2, 0) is 9.53 Å². The highest BCUT2D eigenvalue weighted by Crippen LogP contribution is 2.27. The predicted molar refractivity (Wildman–Crippen MR) is 71.3 cm³/mol. The van der Waals surface area contributed by atoms with Crippen molar-refractivity contribution in [3.63, 3.8) is 0 Å². The summed E-state index contributed by atoms with van der Waals surface area (Å²) in [5, 5.41) is 0.881. The first-order valence-corrected chi connectivity index (χ1v) is 5.97. The van der Waals surface area contributed by atoms with Crippen LogP contribution < -0.4 is 0 Å². The van der Waals surface area contributed by atoms with Crippen molar-refractivity contribution in [3.05, 3.63) is 39.9 Å². The molecule has 2 nitrogen and oxygen atoms in total. The molecule has 0 saturated heterocycles. The molecule has 1 aromatic rings. The molecule has 0 bridgehead atoms. The van der Waals surface area contributed by atoms with Crippen molar-refractivity contribution < 1.29 is 9.53 Å². The first kappa shape index (κ1) is 14.1. The average Bonchev–Trinajstić information content (AvgIpc) is 2.28. The van der Waals surface area contributed by atoms with Crippen molar-refractivity contribution in [2.24, 2.45) is 5.92 Å². The van der Waals surface area contributed by atoms with Gasteiger partial charge in [-0.3, -0.25) is 0 Å². The van der Waals surface area contributed by atoms with Crippen molar-refractivity contribution >= 4 is 34.7 Å². The zero-order valence-corrected chi connectivity index (χ0v) is 11.5. The third kappa shape index (κ3) is 3.76. The number of ether oxygens (including phenoxy) is 1. The summed E-state index contributed by atoms with van der Waals surface area (Å²) < 4.78 is 4.75. The van der Waals surface area contributed by atoms with Crippen LogP contribution in [0.4, 0.5) is 0 Å². The minimum Gasteiger partial charge on any atom is -0.465 e. The van der Waals surface area contributed by atoms with Crippen molar-refractivity contribution in [2.75, 3.05) is 7.11 Å². The van der Waals surface area contributed by atoms with E-state index in [1.54, 1.807) is 18.2 Å². The van der Waals surface area contributed by atoms with Crippen molar-refractivity contribution in [3.8, 4) is 0 Å². The summed E-state index contributed by atoms with van der Waals surface area (Å²) in [6.45, 7) is 3.97. The molecule has 0 saturated carbocycles. The zero-order valence-electron chi connectivity index (χ0n) is 9.96. The Labute approximate surface area is 111 Å². The van der Waals surface area contributed by atoms with E-state index in [-0.39, 0.29) is 11.9 Å². The lowest BCUT2D eigenvalue weighted by atomic mass is 10.0. The third-order valence-electron chi connectivity index (χ3n) is 2.14. The highest BCUT2D eigenvalue weighted by Gasteiger charge is 2.14. The van der Waals surface area contributed by atoms with Gasteiger partial charge in [-0.25, -0.2) is 4.79 Å². The summed E-state index contributed by atoms with van der Waals surface area (Å²) in [7, 11) is 1.36. The summed E-state index contributed by atoms with van der Waals surface area (Å²) >= 11 is 11.8. The molecule has 1 rings (SSSR count). The van der Waals surface area contributed by atoms with Gasteiger partial charge in [0, 0.05) is 0 Å². The second kappa shape index (κ2) is 6.08. The first-order chi connectivity index (χ1) is 7.95. The van der Waals surface area contributed by atoms with Crippen LogP contribution in [0.5, 0.6) is 0 Å². The monoisotopic (exact) mass is 272 g/mol. The average molecular weight is 273 g/mol. The number of esters is 1. The van der Waals surface area contributed by atoms with E-state index in [4.69, 9.17) is 27.9 Å². The molecule has 0 fully saturated rings. The summed E-state index contributed by atoms with van der Waals surface area (Å²) in [6.07, 6.45) is 1.84. The van der Waals surface area contributed by atoms with E-state index < -0.39 is 0 Å². The predicted octanol–water partition coefficient (Wildman–Crippen LogP) is 4.21. The van der Waals surface area contributed by atoms with E-state index in [0.29, 0.717) is 21.2 Å². The molecular formula is C13H14Cl2O2. The molecule has 0 heterocycles. The maximum atomic E-state index is 11.7.